The second-order valence-electron chi connectivity index (χ2n) is 1.84. The standard InChI is InChI=1S/C4H7F3O3S/c1-11(8,9)10-2-3(5)4(6)7/h3-4H,2H2,1H3. The van der Waals surface area contributed by atoms with Crippen LogP contribution in [0.2, 0.25) is 0 Å². The Labute approximate surface area is 62.3 Å². The molecule has 0 amide bonds. The van der Waals surface area contributed by atoms with E-state index < -0.39 is 29.3 Å². The minimum Gasteiger partial charge on any atom is -0.267 e. The van der Waals surface area contributed by atoms with Gasteiger partial charge in [-0.15, -0.1) is 0 Å². The van der Waals surface area contributed by atoms with Crippen LogP contribution in [0.25, 0.3) is 0 Å². The molecule has 1 atom stereocenters. The van der Waals surface area contributed by atoms with E-state index in [1.165, 1.54) is 0 Å². The first-order chi connectivity index (χ1) is 4.83. The van der Waals surface area contributed by atoms with E-state index in [4.69, 9.17) is 0 Å². The molecule has 11 heavy (non-hydrogen) atoms. The highest BCUT2D eigenvalue weighted by Crippen LogP contribution is 2.06. The monoisotopic (exact) mass is 192 g/mol. The van der Waals surface area contributed by atoms with Gasteiger partial charge in [-0.3, -0.25) is 4.18 Å². The third-order valence-corrected chi connectivity index (χ3v) is 1.28. The van der Waals surface area contributed by atoms with Gasteiger partial charge in [0.2, 0.25) is 0 Å². The van der Waals surface area contributed by atoms with E-state index in [1.807, 2.05) is 0 Å². The Hall–Kier alpha value is -0.300. The largest absolute Gasteiger partial charge is 0.271 e. The Morgan fingerprint density at radius 1 is 1.36 bits per heavy atom. The second-order valence-corrected chi connectivity index (χ2v) is 3.48. The van der Waals surface area contributed by atoms with Gasteiger partial charge in [-0.1, -0.05) is 0 Å². The molecule has 0 aliphatic rings. The molecule has 0 fully saturated rings. The highest BCUT2D eigenvalue weighted by Gasteiger charge is 2.21. The molecule has 0 aromatic rings. The topological polar surface area (TPSA) is 43.4 Å². The summed E-state index contributed by atoms with van der Waals surface area (Å²) >= 11 is 0. The SMILES string of the molecule is CS(=O)(=O)OCC(F)C(F)F. The van der Waals surface area contributed by atoms with E-state index >= 15 is 0 Å². The molecule has 0 heterocycles. The van der Waals surface area contributed by atoms with E-state index in [9.17, 15) is 21.6 Å². The van der Waals surface area contributed by atoms with Crippen molar-refractivity contribution in [3.63, 3.8) is 0 Å². The van der Waals surface area contributed by atoms with E-state index in [-0.39, 0.29) is 0 Å². The van der Waals surface area contributed by atoms with Gasteiger partial charge >= 0.3 is 0 Å². The fourth-order valence-electron chi connectivity index (χ4n) is 0.261. The Kier molecular flexibility index (Phi) is 3.81. The first kappa shape index (κ1) is 10.7. The maximum absolute atomic E-state index is 11.9. The van der Waals surface area contributed by atoms with Gasteiger partial charge in [0.05, 0.1) is 6.26 Å². The van der Waals surface area contributed by atoms with Crippen molar-refractivity contribution in [2.75, 3.05) is 12.9 Å². The van der Waals surface area contributed by atoms with Crippen molar-refractivity contribution in [1.82, 2.24) is 0 Å². The van der Waals surface area contributed by atoms with Gasteiger partial charge in [-0.25, -0.2) is 13.2 Å². The summed E-state index contributed by atoms with van der Waals surface area (Å²) in [5.74, 6) is 0. The van der Waals surface area contributed by atoms with Crippen molar-refractivity contribution < 1.29 is 25.8 Å². The van der Waals surface area contributed by atoms with Crippen molar-refractivity contribution in [1.29, 1.82) is 0 Å². The molecule has 0 aliphatic carbocycles. The maximum Gasteiger partial charge on any atom is 0.271 e. The number of alkyl halides is 3. The summed E-state index contributed by atoms with van der Waals surface area (Å²) in [5.41, 5.74) is 0. The highest BCUT2D eigenvalue weighted by atomic mass is 32.2. The molecule has 3 nitrogen and oxygen atoms in total. The average Bonchev–Trinajstić information content (AvgIpc) is 1.80. The summed E-state index contributed by atoms with van der Waals surface area (Å²) in [6, 6.07) is 0. The summed E-state index contributed by atoms with van der Waals surface area (Å²) < 4.78 is 58.6. The summed E-state index contributed by atoms with van der Waals surface area (Å²) in [4.78, 5) is 0. The Morgan fingerprint density at radius 2 is 1.82 bits per heavy atom. The van der Waals surface area contributed by atoms with Crippen LogP contribution < -0.4 is 0 Å². The normalized spacial score (nSPS) is 15.4. The van der Waals surface area contributed by atoms with Crippen LogP contribution in [0, 0.1) is 0 Å². The molecule has 0 rings (SSSR count). The molecular weight excluding hydrogens is 185 g/mol. The zero-order chi connectivity index (χ0) is 9.07. The molecule has 0 saturated carbocycles. The minimum atomic E-state index is -3.83. The molecule has 0 spiro atoms. The van der Waals surface area contributed by atoms with Crippen LogP contribution in [0.4, 0.5) is 13.2 Å². The summed E-state index contributed by atoms with van der Waals surface area (Å²) in [5, 5.41) is 0. The van der Waals surface area contributed by atoms with Crippen LogP contribution in [0.5, 0.6) is 0 Å². The fourth-order valence-corrected chi connectivity index (χ4v) is 0.639. The minimum absolute atomic E-state index is 0.658. The molecule has 0 bridgehead atoms. The van der Waals surface area contributed by atoms with E-state index in [0.717, 1.165) is 0 Å². The van der Waals surface area contributed by atoms with Crippen LogP contribution in [0.3, 0.4) is 0 Å². The van der Waals surface area contributed by atoms with Gasteiger partial charge in [-0.2, -0.15) is 8.42 Å². The number of rotatable bonds is 4. The van der Waals surface area contributed by atoms with Gasteiger partial charge in [0, 0.05) is 0 Å². The fraction of sp³-hybridized carbons (Fsp3) is 1.00. The number of hydrogen-bond acceptors (Lipinski definition) is 3. The molecule has 0 aromatic heterocycles. The first-order valence-corrected chi connectivity index (χ1v) is 4.41. The third-order valence-electron chi connectivity index (χ3n) is 0.715. The predicted octanol–water partition coefficient (Wildman–Crippen LogP) is 0.566. The van der Waals surface area contributed by atoms with Crippen molar-refractivity contribution in [3.05, 3.63) is 0 Å². The zero-order valence-electron chi connectivity index (χ0n) is 5.63. The molecule has 0 aliphatic heterocycles. The van der Waals surface area contributed by atoms with Gasteiger partial charge in [-0.05, 0) is 0 Å². The van der Waals surface area contributed by atoms with Crippen LogP contribution in [0.1, 0.15) is 0 Å². The van der Waals surface area contributed by atoms with Crippen LogP contribution >= 0.6 is 0 Å². The lowest BCUT2D eigenvalue weighted by molar-refractivity contribution is 0.0248. The highest BCUT2D eigenvalue weighted by molar-refractivity contribution is 7.85. The van der Waals surface area contributed by atoms with Gasteiger partial charge in [0.15, 0.2) is 6.17 Å². The van der Waals surface area contributed by atoms with Crippen molar-refractivity contribution in [2.24, 2.45) is 0 Å². The molecule has 0 radical (unpaired) electrons. The maximum atomic E-state index is 11.9. The van der Waals surface area contributed by atoms with E-state index in [0.29, 0.717) is 6.26 Å². The van der Waals surface area contributed by atoms with E-state index in [2.05, 4.69) is 4.18 Å². The zero-order valence-corrected chi connectivity index (χ0v) is 6.45. The van der Waals surface area contributed by atoms with Crippen molar-refractivity contribution >= 4 is 10.1 Å². The third kappa shape index (κ3) is 6.11. The first-order valence-electron chi connectivity index (χ1n) is 2.59. The van der Waals surface area contributed by atoms with Crippen LogP contribution in [-0.4, -0.2) is 33.9 Å². The van der Waals surface area contributed by atoms with E-state index in [1.54, 1.807) is 0 Å². The van der Waals surface area contributed by atoms with Crippen LogP contribution in [0.15, 0.2) is 0 Å². The summed E-state index contributed by atoms with van der Waals surface area (Å²) in [6.45, 7) is -1.13. The smallest absolute Gasteiger partial charge is 0.267 e. The molecule has 0 N–H and O–H groups in total. The lowest BCUT2D eigenvalue weighted by atomic mass is 10.4. The average molecular weight is 192 g/mol. The molecule has 68 valence electrons. The van der Waals surface area contributed by atoms with Gasteiger partial charge in [0.25, 0.3) is 16.5 Å². The lowest BCUT2D eigenvalue weighted by Crippen LogP contribution is -2.21. The Morgan fingerprint density at radius 3 is 2.09 bits per heavy atom. The quantitative estimate of drug-likeness (QED) is 0.611. The van der Waals surface area contributed by atoms with Crippen molar-refractivity contribution in [3.8, 4) is 0 Å². The van der Waals surface area contributed by atoms with Gasteiger partial charge < -0.3 is 0 Å². The number of hydrogen-bond donors (Lipinski definition) is 0. The predicted molar refractivity (Wildman–Crippen MR) is 31.7 cm³/mol. The summed E-state index contributed by atoms with van der Waals surface area (Å²) in [7, 11) is -3.83. The molecule has 0 aromatic carbocycles. The lowest BCUT2D eigenvalue weighted by Gasteiger charge is -2.04. The van der Waals surface area contributed by atoms with Crippen LogP contribution in [-0.2, 0) is 14.3 Å². The Balaban J connectivity index is 3.72. The molecule has 7 heteroatoms. The Bertz CT molecular complexity index is 201. The number of halogens is 3. The van der Waals surface area contributed by atoms with Gasteiger partial charge in [0.1, 0.15) is 6.61 Å². The molecular formula is C4H7F3O3S. The summed E-state index contributed by atoms with van der Waals surface area (Å²) in [6.07, 6.45) is -5.10. The van der Waals surface area contributed by atoms with Crippen molar-refractivity contribution in [2.45, 2.75) is 12.6 Å². The molecule has 0 saturated heterocycles. The molecule has 1 unspecified atom stereocenters. The second kappa shape index (κ2) is 3.91.